The van der Waals surface area contributed by atoms with E-state index in [1.807, 2.05) is 27.7 Å². The summed E-state index contributed by atoms with van der Waals surface area (Å²) >= 11 is 0. The second-order valence-electron chi connectivity index (χ2n) is 6.00. The van der Waals surface area contributed by atoms with Gasteiger partial charge in [-0.2, -0.15) is 25.7 Å². The van der Waals surface area contributed by atoms with Gasteiger partial charge in [0.25, 0.3) is 0 Å². The average Bonchev–Trinajstić information content (AvgIpc) is 2.54. The first-order chi connectivity index (χ1) is 11.3. The molecule has 0 fully saturated rings. The molecule has 0 unspecified atom stereocenters. The molecule has 2 nitrogen and oxygen atoms in total. The molecule has 152 valence electrons. The summed E-state index contributed by atoms with van der Waals surface area (Å²) in [5.74, 6) is 0. The fourth-order valence-electron chi connectivity index (χ4n) is 0.942. The first kappa shape index (κ1) is 36.7. The van der Waals surface area contributed by atoms with Crippen LogP contribution in [0.4, 0.5) is 0 Å². The van der Waals surface area contributed by atoms with Gasteiger partial charge in [0.15, 0.2) is 6.29 Å². The molecule has 0 spiro atoms. The van der Waals surface area contributed by atoms with Crippen molar-refractivity contribution in [1.29, 1.82) is 0 Å². The minimum Gasteiger partial charge on any atom is -0.350 e. The zero-order chi connectivity index (χ0) is 19.8. The first-order valence-corrected chi connectivity index (χ1v) is 9.78. The Morgan fingerprint density at radius 1 is 0.600 bits per heavy atom. The van der Waals surface area contributed by atoms with Crippen LogP contribution in [-0.2, 0) is 35.7 Å². The van der Waals surface area contributed by atoms with Crippen molar-refractivity contribution in [3.8, 4) is 0 Å². The van der Waals surface area contributed by atoms with Gasteiger partial charge in [-0.15, -0.1) is 0 Å². The standard InChI is InChI=1S/C10H21O2.3C4H9.Zr/c1-6-7-10(11-8(2)3)12-9(4)5;3*1-3-4-2;/h8-10H,1,6-7H2,2-5H3;3*1,3-4H2,2H3;/q4*-1;+4. The molecule has 0 saturated heterocycles. The van der Waals surface area contributed by atoms with E-state index in [9.17, 15) is 0 Å². The van der Waals surface area contributed by atoms with Crippen molar-refractivity contribution in [2.24, 2.45) is 0 Å². The third-order valence-corrected chi connectivity index (χ3v) is 2.35. The normalized spacial score (nSPS) is 9.36. The maximum Gasteiger partial charge on any atom is 4.00 e. The molecule has 0 aromatic rings. The van der Waals surface area contributed by atoms with Crippen LogP contribution in [0.1, 0.15) is 99.8 Å². The molecule has 3 heteroatoms. The van der Waals surface area contributed by atoms with Crippen LogP contribution in [0.3, 0.4) is 0 Å². The van der Waals surface area contributed by atoms with Crippen molar-refractivity contribution in [2.45, 2.75) is 118 Å². The van der Waals surface area contributed by atoms with Crippen LogP contribution in [0.25, 0.3) is 0 Å². The van der Waals surface area contributed by atoms with Crippen molar-refractivity contribution in [2.75, 3.05) is 0 Å². The summed E-state index contributed by atoms with van der Waals surface area (Å²) in [5.41, 5.74) is 0. The number of unbranched alkanes of at least 4 members (excludes halogenated alkanes) is 3. The van der Waals surface area contributed by atoms with Crippen LogP contribution in [-0.4, -0.2) is 18.5 Å². The van der Waals surface area contributed by atoms with Gasteiger partial charge in [-0.1, -0.05) is 40.0 Å². The summed E-state index contributed by atoms with van der Waals surface area (Å²) in [5, 5.41) is 0. The van der Waals surface area contributed by atoms with E-state index in [2.05, 4.69) is 48.5 Å². The Morgan fingerprint density at radius 2 is 0.840 bits per heavy atom. The van der Waals surface area contributed by atoms with Gasteiger partial charge < -0.3 is 37.2 Å². The molecule has 0 aromatic carbocycles. The molecule has 0 rings (SSSR count). The molecular formula is C22H48O2Zr. The summed E-state index contributed by atoms with van der Waals surface area (Å²) < 4.78 is 11.1. The molecular weight excluding hydrogens is 387 g/mol. The quantitative estimate of drug-likeness (QED) is 0.274. The molecule has 0 aliphatic carbocycles. The van der Waals surface area contributed by atoms with Crippen LogP contribution in [0.5, 0.6) is 0 Å². The van der Waals surface area contributed by atoms with Gasteiger partial charge in [-0.25, -0.2) is 0 Å². The molecule has 25 heavy (non-hydrogen) atoms. The van der Waals surface area contributed by atoms with Crippen LogP contribution in [0.2, 0.25) is 0 Å². The largest absolute Gasteiger partial charge is 4.00 e. The number of hydrogen-bond acceptors (Lipinski definition) is 2. The van der Waals surface area contributed by atoms with E-state index in [1.165, 1.54) is 19.3 Å². The zero-order valence-corrected chi connectivity index (χ0v) is 21.0. The molecule has 0 aromatic heterocycles. The van der Waals surface area contributed by atoms with Crippen LogP contribution in [0, 0.1) is 27.7 Å². The van der Waals surface area contributed by atoms with Crippen LogP contribution >= 0.6 is 0 Å². The Hall–Kier alpha value is 0.803. The zero-order valence-electron chi connectivity index (χ0n) is 18.5. The topological polar surface area (TPSA) is 18.5 Å². The Kier molecular flexibility index (Phi) is 52.6. The molecule has 0 bridgehead atoms. The SMILES string of the molecule is [CH2-]CCC.[CH2-]CCC.[CH2-]CCC.[CH2-]CCC(OC(C)C)OC(C)C.[Zr+4]. The van der Waals surface area contributed by atoms with Gasteiger partial charge >= 0.3 is 26.2 Å². The molecule has 0 N–H and O–H groups in total. The predicted molar refractivity (Wildman–Crippen MR) is 112 cm³/mol. The summed E-state index contributed by atoms with van der Waals surface area (Å²) in [6.07, 6.45) is 8.92. The Balaban J connectivity index is -0.0000000850. The van der Waals surface area contributed by atoms with Crippen molar-refractivity contribution < 1.29 is 35.7 Å². The Bertz CT molecular complexity index is 148. The minimum absolute atomic E-state index is 0. The number of rotatable bonds is 9. The van der Waals surface area contributed by atoms with Crippen molar-refractivity contribution >= 4 is 0 Å². The van der Waals surface area contributed by atoms with Crippen LogP contribution in [0.15, 0.2) is 0 Å². The summed E-state index contributed by atoms with van der Waals surface area (Å²) in [6, 6.07) is 0. The van der Waals surface area contributed by atoms with Gasteiger partial charge in [0.05, 0.1) is 12.2 Å². The molecule has 0 saturated carbocycles. The van der Waals surface area contributed by atoms with E-state index in [0.717, 1.165) is 32.1 Å². The van der Waals surface area contributed by atoms with Gasteiger partial charge in [0.2, 0.25) is 0 Å². The van der Waals surface area contributed by atoms with Gasteiger partial charge in [-0.05, 0) is 34.1 Å². The number of hydrogen-bond donors (Lipinski definition) is 0. The third kappa shape index (κ3) is 58.9. The molecule has 0 atom stereocenters. The van der Waals surface area contributed by atoms with Crippen molar-refractivity contribution in [3.63, 3.8) is 0 Å². The molecule has 0 aliphatic heterocycles. The van der Waals surface area contributed by atoms with Gasteiger partial charge in [0.1, 0.15) is 0 Å². The van der Waals surface area contributed by atoms with Crippen molar-refractivity contribution in [3.05, 3.63) is 27.7 Å². The van der Waals surface area contributed by atoms with Gasteiger partial charge in [0, 0.05) is 0 Å². The molecule has 0 amide bonds. The summed E-state index contributed by atoms with van der Waals surface area (Å²) in [6.45, 7) is 29.0. The third-order valence-electron chi connectivity index (χ3n) is 2.35. The summed E-state index contributed by atoms with van der Waals surface area (Å²) in [7, 11) is 0. The number of ether oxygens (including phenoxy) is 2. The minimum atomic E-state index is -0.0810. The predicted octanol–water partition coefficient (Wildman–Crippen LogP) is 7.64. The fraction of sp³-hybridized carbons (Fsp3) is 0.818. The maximum atomic E-state index is 5.54. The van der Waals surface area contributed by atoms with E-state index in [-0.39, 0.29) is 44.7 Å². The second-order valence-corrected chi connectivity index (χ2v) is 6.00. The monoisotopic (exact) mass is 434 g/mol. The molecule has 0 aliphatic rings. The van der Waals surface area contributed by atoms with E-state index in [4.69, 9.17) is 9.47 Å². The van der Waals surface area contributed by atoms with E-state index < -0.39 is 0 Å². The average molecular weight is 436 g/mol. The van der Waals surface area contributed by atoms with E-state index >= 15 is 0 Å². The van der Waals surface area contributed by atoms with Crippen molar-refractivity contribution in [1.82, 2.24) is 0 Å². The fourth-order valence-corrected chi connectivity index (χ4v) is 0.942. The molecule has 0 heterocycles. The smallest absolute Gasteiger partial charge is 0.350 e. The van der Waals surface area contributed by atoms with E-state index in [1.54, 1.807) is 0 Å². The Labute approximate surface area is 181 Å². The second kappa shape index (κ2) is 35.8. The first-order valence-electron chi connectivity index (χ1n) is 9.78. The van der Waals surface area contributed by atoms with Crippen LogP contribution < -0.4 is 0 Å². The maximum absolute atomic E-state index is 5.54. The Morgan fingerprint density at radius 3 is 0.960 bits per heavy atom. The van der Waals surface area contributed by atoms with E-state index in [0.29, 0.717) is 0 Å². The van der Waals surface area contributed by atoms with Gasteiger partial charge in [-0.3, -0.25) is 0 Å². The molecule has 0 radical (unpaired) electrons. The summed E-state index contributed by atoms with van der Waals surface area (Å²) in [4.78, 5) is 0.